The van der Waals surface area contributed by atoms with Crippen LogP contribution in [0, 0.1) is 24.7 Å². The Labute approximate surface area is 148 Å². The maximum atomic E-state index is 6.01. The van der Waals surface area contributed by atoms with E-state index in [1.807, 2.05) is 0 Å². The Morgan fingerprint density at radius 2 is 1.75 bits per heavy atom. The number of anilines is 2. The number of benzene rings is 1. The highest BCUT2D eigenvalue weighted by Gasteiger charge is 2.22. The summed E-state index contributed by atoms with van der Waals surface area (Å²) in [7, 11) is 0. The first kappa shape index (κ1) is 17.6. The molecule has 0 bridgehead atoms. The van der Waals surface area contributed by atoms with Gasteiger partial charge in [0.1, 0.15) is 0 Å². The molecule has 0 aromatic heterocycles. The van der Waals surface area contributed by atoms with E-state index in [0.29, 0.717) is 6.04 Å². The molecule has 2 aliphatic rings. The lowest BCUT2D eigenvalue weighted by Gasteiger charge is -2.37. The first-order chi connectivity index (χ1) is 11.5. The second-order valence-corrected chi connectivity index (χ2v) is 8.51. The van der Waals surface area contributed by atoms with Gasteiger partial charge in [-0.25, -0.2) is 0 Å². The van der Waals surface area contributed by atoms with Crippen molar-refractivity contribution in [1.29, 1.82) is 0 Å². The van der Waals surface area contributed by atoms with Crippen LogP contribution in [0.4, 0.5) is 11.4 Å². The average molecular weight is 330 g/mol. The van der Waals surface area contributed by atoms with E-state index in [0.717, 1.165) is 24.3 Å². The van der Waals surface area contributed by atoms with Gasteiger partial charge in [-0.2, -0.15) is 0 Å². The Morgan fingerprint density at radius 3 is 2.38 bits per heavy atom. The third-order valence-corrected chi connectivity index (χ3v) is 5.92. The fourth-order valence-corrected chi connectivity index (χ4v) is 4.56. The summed E-state index contributed by atoms with van der Waals surface area (Å²) in [4.78, 5) is 2.57. The molecule has 3 N–H and O–H groups in total. The molecular weight excluding hydrogens is 294 g/mol. The summed E-state index contributed by atoms with van der Waals surface area (Å²) < 4.78 is 0. The Balaban J connectivity index is 1.58. The molecule has 1 aromatic rings. The van der Waals surface area contributed by atoms with Crippen molar-refractivity contribution in [1.82, 2.24) is 0 Å². The standard InChI is InChI=1S/C21H35N3/c1-15-10-16(2)14-24(13-15)20-8-9-21(17(3)11-20)23-12-18-4-6-19(22)7-5-18/h8-9,11,15-16,18-19,23H,4-7,10,12-14,22H2,1-3H3/t15?,16?,18-,19-. The molecule has 2 atom stereocenters. The van der Waals surface area contributed by atoms with E-state index in [9.17, 15) is 0 Å². The van der Waals surface area contributed by atoms with Gasteiger partial charge in [-0.1, -0.05) is 13.8 Å². The number of nitrogens with one attached hydrogen (secondary N) is 1. The molecule has 0 amide bonds. The topological polar surface area (TPSA) is 41.3 Å². The number of rotatable bonds is 4. The molecule has 1 heterocycles. The smallest absolute Gasteiger partial charge is 0.0371 e. The molecule has 24 heavy (non-hydrogen) atoms. The maximum absolute atomic E-state index is 6.01. The lowest BCUT2D eigenvalue weighted by molar-refractivity contribution is 0.339. The quantitative estimate of drug-likeness (QED) is 0.860. The van der Waals surface area contributed by atoms with Crippen LogP contribution in [0.2, 0.25) is 0 Å². The van der Waals surface area contributed by atoms with E-state index in [1.54, 1.807) is 0 Å². The van der Waals surface area contributed by atoms with Gasteiger partial charge >= 0.3 is 0 Å². The zero-order valence-corrected chi connectivity index (χ0v) is 15.7. The molecule has 0 radical (unpaired) electrons. The molecule has 1 aliphatic heterocycles. The van der Waals surface area contributed by atoms with Crippen molar-refractivity contribution >= 4 is 11.4 Å². The zero-order valence-electron chi connectivity index (χ0n) is 15.7. The highest BCUT2D eigenvalue weighted by atomic mass is 15.1. The van der Waals surface area contributed by atoms with Crippen LogP contribution in [0.5, 0.6) is 0 Å². The van der Waals surface area contributed by atoms with E-state index in [4.69, 9.17) is 5.73 Å². The molecule has 1 aliphatic carbocycles. The van der Waals surface area contributed by atoms with Gasteiger partial charge in [0.25, 0.3) is 0 Å². The van der Waals surface area contributed by atoms with Gasteiger partial charge in [-0.15, -0.1) is 0 Å². The zero-order chi connectivity index (χ0) is 17.1. The van der Waals surface area contributed by atoms with Crippen molar-refractivity contribution < 1.29 is 0 Å². The maximum Gasteiger partial charge on any atom is 0.0371 e. The van der Waals surface area contributed by atoms with Crippen molar-refractivity contribution in [3.63, 3.8) is 0 Å². The number of nitrogens with zero attached hydrogens (tertiary/aromatic N) is 1. The van der Waals surface area contributed by atoms with Crippen molar-refractivity contribution in [3.8, 4) is 0 Å². The van der Waals surface area contributed by atoms with Gasteiger partial charge in [-0.05, 0) is 80.5 Å². The molecule has 1 saturated heterocycles. The van der Waals surface area contributed by atoms with E-state index in [2.05, 4.69) is 49.2 Å². The van der Waals surface area contributed by atoms with Crippen LogP contribution in [-0.2, 0) is 0 Å². The van der Waals surface area contributed by atoms with Crippen molar-refractivity contribution in [2.45, 2.75) is 58.9 Å². The number of piperidine rings is 1. The Hall–Kier alpha value is -1.22. The van der Waals surface area contributed by atoms with Crippen molar-refractivity contribution in [2.75, 3.05) is 29.9 Å². The monoisotopic (exact) mass is 329 g/mol. The van der Waals surface area contributed by atoms with E-state index in [-0.39, 0.29) is 0 Å². The summed E-state index contributed by atoms with van der Waals surface area (Å²) in [6.45, 7) is 10.5. The summed E-state index contributed by atoms with van der Waals surface area (Å²) in [6, 6.07) is 7.39. The predicted octanol–water partition coefficient (Wildman–Crippen LogP) is 4.41. The van der Waals surface area contributed by atoms with E-state index < -0.39 is 0 Å². The first-order valence-corrected chi connectivity index (χ1v) is 9.86. The molecule has 2 fully saturated rings. The Morgan fingerprint density at radius 1 is 1.08 bits per heavy atom. The van der Waals surface area contributed by atoms with E-state index in [1.165, 1.54) is 62.1 Å². The average Bonchev–Trinajstić information content (AvgIpc) is 2.54. The predicted molar refractivity (Wildman–Crippen MR) is 105 cm³/mol. The van der Waals surface area contributed by atoms with Crippen molar-refractivity contribution in [3.05, 3.63) is 23.8 Å². The lowest BCUT2D eigenvalue weighted by atomic mass is 9.86. The molecular formula is C21H35N3. The second-order valence-electron chi connectivity index (χ2n) is 8.51. The number of hydrogen-bond acceptors (Lipinski definition) is 3. The third-order valence-electron chi connectivity index (χ3n) is 5.92. The highest BCUT2D eigenvalue weighted by molar-refractivity contribution is 5.60. The summed E-state index contributed by atoms with van der Waals surface area (Å²) in [5.74, 6) is 2.38. The summed E-state index contributed by atoms with van der Waals surface area (Å²) in [5.41, 5.74) is 10.1. The molecule has 1 aromatic carbocycles. The summed E-state index contributed by atoms with van der Waals surface area (Å²) >= 11 is 0. The summed E-state index contributed by atoms with van der Waals surface area (Å²) in [5, 5.41) is 3.69. The second kappa shape index (κ2) is 7.77. The van der Waals surface area contributed by atoms with Gasteiger partial charge in [0.15, 0.2) is 0 Å². The SMILES string of the molecule is Cc1cc(N2CC(C)CC(C)C2)ccc1NC[C@H]1CC[C@H](N)CC1. The van der Waals surface area contributed by atoms with Gasteiger partial charge in [0, 0.05) is 37.1 Å². The molecule has 134 valence electrons. The van der Waals surface area contributed by atoms with Gasteiger partial charge in [0.05, 0.1) is 0 Å². The fourth-order valence-electron chi connectivity index (χ4n) is 4.56. The lowest BCUT2D eigenvalue weighted by Crippen LogP contribution is -2.38. The Kier molecular flexibility index (Phi) is 5.70. The minimum Gasteiger partial charge on any atom is -0.385 e. The number of hydrogen-bond donors (Lipinski definition) is 2. The van der Waals surface area contributed by atoms with Crippen LogP contribution in [-0.4, -0.2) is 25.7 Å². The van der Waals surface area contributed by atoms with E-state index >= 15 is 0 Å². The van der Waals surface area contributed by atoms with Crippen LogP contribution < -0.4 is 16.0 Å². The molecule has 1 saturated carbocycles. The number of aryl methyl sites for hydroxylation is 1. The van der Waals surface area contributed by atoms with Crippen LogP contribution in [0.1, 0.15) is 51.5 Å². The van der Waals surface area contributed by atoms with Crippen LogP contribution in [0.15, 0.2) is 18.2 Å². The first-order valence-electron chi connectivity index (χ1n) is 9.86. The van der Waals surface area contributed by atoms with Crippen LogP contribution in [0.25, 0.3) is 0 Å². The molecule has 3 rings (SSSR count). The normalized spacial score (nSPS) is 31.1. The minimum atomic E-state index is 0.441. The molecule has 3 nitrogen and oxygen atoms in total. The van der Waals surface area contributed by atoms with Crippen molar-refractivity contribution in [2.24, 2.45) is 23.5 Å². The fraction of sp³-hybridized carbons (Fsp3) is 0.714. The third kappa shape index (κ3) is 4.44. The molecule has 2 unspecified atom stereocenters. The van der Waals surface area contributed by atoms with Crippen LogP contribution >= 0.6 is 0 Å². The minimum absolute atomic E-state index is 0.441. The largest absolute Gasteiger partial charge is 0.385 e. The summed E-state index contributed by atoms with van der Waals surface area (Å²) in [6.07, 6.45) is 6.29. The Bertz CT molecular complexity index is 524. The highest BCUT2D eigenvalue weighted by Crippen LogP contribution is 2.30. The molecule has 0 spiro atoms. The molecule has 3 heteroatoms. The van der Waals surface area contributed by atoms with Crippen LogP contribution in [0.3, 0.4) is 0 Å². The number of nitrogens with two attached hydrogens (primary N) is 1. The van der Waals surface area contributed by atoms with Gasteiger partial charge in [-0.3, -0.25) is 0 Å². The van der Waals surface area contributed by atoms with Gasteiger partial charge < -0.3 is 16.0 Å². The van der Waals surface area contributed by atoms with Gasteiger partial charge in [0.2, 0.25) is 0 Å².